The third-order valence-corrected chi connectivity index (χ3v) is 5.18. The van der Waals surface area contributed by atoms with E-state index in [0.29, 0.717) is 6.42 Å². The molecule has 4 rings (SSSR count). The number of hydrogen-bond donors (Lipinski definition) is 1. The SMILES string of the molecule is CC[C@H](O)c1c(-c2ccccc2)cc(-c2ccccc2)cc1-c1ccccc1. The minimum Gasteiger partial charge on any atom is -0.388 e. The second-order valence-corrected chi connectivity index (χ2v) is 7.01. The van der Waals surface area contributed by atoms with E-state index in [9.17, 15) is 5.11 Å². The zero-order valence-corrected chi connectivity index (χ0v) is 16.0. The summed E-state index contributed by atoms with van der Waals surface area (Å²) in [5.74, 6) is 0. The Bertz CT molecular complexity index is 977. The molecule has 0 radical (unpaired) electrons. The maximum atomic E-state index is 11.0. The van der Waals surface area contributed by atoms with Crippen LogP contribution in [-0.2, 0) is 0 Å². The predicted octanol–water partition coefficient (Wildman–Crippen LogP) is 7.13. The Morgan fingerprint density at radius 2 is 0.964 bits per heavy atom. The van der Waals surface area contributed by atoms with Crippen LogP contribution in [0.15, 0.2) is 103 Å². The Hall–Kier alpha value is -3.16. The van der Waals surface area contributed by atoms with Crippen molar-refractivity contribution in [3.63, 3.8) is 0 Å². The van der Waals surface area contributed by atoms with Crippen LogP contribution in [0.5, 0.6) is 0 Å². The Balaban J connectivity index is 2.05. The van der Waals surface area contributed by atoms with Crippen molar-refractivity contribution in [2.24, 2.45) is 0 Å². The molecule has 0 heterocycles. The first-order valence-electron chi connectivity index (χ1n) is 9.80. The average Bonchev–Trinajstić information content (AvgIpc) is 2.79. The molecule has 0 spiro atoms. The molecule has 0 saturated heterocycles. The van der Waals surface area contributed by atoms with Gasteiger partial charge in [0.1, 0.15) is 0 Å². The second-order valence-electron chi connectivity index (χ2n) is 7.01. The normalized spacial score (nSPS) is 11.9. The molecule has 0 aliphatic heterocycles. The molecule has 0 aliphatic rings. The van der Waals surface area contributed by atoms with E-state index < -0.39 is 6.10 Å². The van der Waals surface area contributed by atoms with E-state index in [1.807, 2.05) is 25.1 Å². The summed E-state index contributed by atoms with van der Waals surface area (Å²) in [6.45, 7) is 2.03. The molecule has 0 amide bonds. The molecule has 4 aromatic rings. The average molecular weight is 364 g/mol. The molecule has 0 unspecified atom stereocenters. The number of aliphatic hydroxyl groups excluding tert-OH is 1. The van der Waals surface area contributed by atoms with Gasteiger partial charge in [-0.3, -0.25) is 0 Å². The Kier molecular flexibility index (Phi) is 5.36. The smallest absolute Gasteiger partial charge is 0.0799 e. The number of rotatable bonds is 5. The van der Waals surface area contributed by atoms with Crippen LogP contribution >= 0.6 is 0 Å². The van der Waals surface area contributed by atoms with Crippen LogP contribution in [0, 0.1) is 0 Å². The zero-order valence-electron chi connectivity index (χ0n) is 16.0. The standard InChI is InChI=1S/C27H24O/c1-2-26(28)27-24(21-14-8-4-9-15-21)18-23(20-12-6-3-7-13-20)19-25(27)22-16-10-5-11-17-22/h3-19,26,28H,2H2,1H3/t26-/m0/s1. The van der Waals surface area contributed by atoms with Crippen LogP contribution < -0.4 is 0 Å². The summed E-state index contributed by atoms with van der Waals surface area (Å²) in [5.41, 5.74) is 7.77. The highest BCUT2D eigenvalue weighted by atomic mass is 16.3. The number of benzene rings is 4. The van der Waals surface area contributed by atoms with Gasteiger partial charge in [0.15, 0.2) is 0 Å². The lowest BCUT2D eigenvalue weighted by atomic mass is 9.85. The lowest BCUT2D eigenvalue weighted by Gasteiger charge is -2.21. The van der Waals surface area contributed by atoms with Gasteiger partial charge in [0, 0.05) is 0 Å². The van der Waals surface area contributed by atoms with Gasteiger partial charge in [0.25, 0.3) is 0 Å². The lowest BCUT2D eigenvalue weighted by Crippen LogP contribution is -2.02. The van der Waals surface area contributed by atoms with Crippen molar-refractivity contribution in [3.05, 3.63) is 109 Å². The van der Waals surface area contributed by atoms with Gasteiger partial charge < -0.3 is 5.11 Å². The zero-order chi connectivity index (χ0) is 19.3. The summed E-state index contributed by atoms with van der Waals surface area (Å²) in [6.07, 6.45) is 0.153. The summed E-state index contributed by atoms with van der Waals surface area (Å²) >= 11 is 0. The van der Waals surface area contributed by atoms with Gasteiger partial charge >= 0.3 is 0 Å². The first kappa shape index (κ1) is 18.2. The Morgan fingerprint density at radius 3 is 1.36 bits per heavy atom. The first-order chi connectivity index (χ1) is 13.8. The molecule has 28 heavy (non-hydrogen) atoms. The van der Waals surface area contributed by atoms with Crippen molar-refractivity contribution in [1.82, 2.24) is 0 Å². The minimum absolute atomic E-state index is 0.518. The van der Waals surface area contributed by atoms with Gasteiger partial charge in [-0.05, 0) is 57.5 Å². The lowest BCUT2D eigenvalue weighted by molar-refractivity contribution is 0.175. The predicted molar refractivity (Wildman–Crippen MR) is 118 cm³/mol. The van der Waals surface area contributed by atoms with E-state index in [-0.39, 0.29) is 0 Å². The molecule has 1 heteroatoms. The largest absolute Gasteiger partial charge is 0.388 e. The fourth-order valence-corrected chi connectivity index (χ4v) is 3.73. The van der Waals surface area contributed by atoms with Gasteiger partial charge in [-0.1, -0.05) is 97.9 Å². The molecule has 1 nitrogen and oxygen atoms in total. The Labute approximate surface area is 166 Å². The van der Waals surface area contributed by atoms with Crippen LogP contribution in [0.3, 0.4) is 0 Å². The molecule has 0 saturated carbocycles. The Morgan fingerprint density at radius 1 is 0.571 bits per heavy atom. The molecule has 1 N–H and O–H groups in total. The van der Waals surface area contributed by atoms with Crippen LogP contribution in [-0.4, -0.2) is 5.11 Å². The highest BCUT2D eigenvalue weighted by Crippen LogP contribution is 2.41. The van der Waals surface area contributed by atoms with Crippen LogP contribution in [0.2, 0.25) is 0 Å². The van der Waals surface area contributed by atoms with Crippen LogP contribution in [0.25, 0.3) is 33.4 Å². The van der Waals surface area contributed by atoms with E-state index in [0.717, 1.165) is 33.4 Å². The molecule has 0 bridgehead atoms. The maximum Gasteiger partial charge on any atom is 0.0799 e. The minimum atomic E-state index is -0.518. The molecule has 0 aromatic heterocycles. The summed E-state index contributed by atoms with van der Waals surface area (Å²) in [4.78, 5) is 0. The third-order valence-electron chi connectivity index (χ3n) is 5.18. The quantitative estimate of drug-likeness (QED) is 0.399. The summed E-state index contributed by atoms with van der Waals surface area (Å²) in [7, 11) is 0. The molecule has 0 fully saturated rings. The van der Waals surface area contributed by atoms with Crippen molar-refractivity contribution in [2.75, 3.05) is 0 Å². The molecule has 138 valence electrons. The van der Waals surface area contributed by atoms with Crippen molar-refractivity contribution >= 4 is 0 Å². The third kappa shape index (κ3) is 3.62. The summed E-state index contributed by atoms with van der Waals surface area (Å²) < 4.78 is 0. The monoisotopic (exact) mass is 364 g/mol. The van der Waals surface area contributed by atoms with Crippen molar-refractivity contribution in [1.29, 1.82) is 0 Å². The first-order valence-corrected chi connectivity index (χ1v) is 9.80. The van der Waals surface area contributed by atoms with Crippen LogP contribution in [0.4, 0.5) is 0 Å². The topological polar surface area (TPSA) is 20.2 Å². The highest BCUT2D eigenvalue weighted by molar-refractivity contribution is 5.85. The fraction of sp³-hybridized carbons (Fsp3) is 0.111. The van der Waals surface area contributed by atoms with Crippen molar-refractivity contribution in [3.8, 4) is 33.4 Å². The van der Waals surface area contributed by atoms with Gasteiger partial charge in [0.2, 0.25) is 0 Å². The second kappa shape index (κ2) is 8.24. The van der Waals surface area contributed by atoms with E-state index in [1.165, 1.54) is 5.56 Å². The van der Waals surface area contributed by atoms with E-state index in [1.54, 1.807) is 0 Å². The van der Waals surface area contributed by atoms with E-state index in [4.69, 9.17) is 0 Å². The highest BCUT2D eigenvalue weighted by Gasteiger charge is 2.20. The summed E-state index contributed by atoms with van der Waals surface area (Å²) in [5, 5.41) is 11.0. The van der Waals surface area contributed by atoms with Gasteiger partial charge in [-0.15, -0.1) is 0 Å². The number of hydrogen-bond acceptors (Lipinski definition) is 1. The molecular weight excluding hydrogens is 340 g/mol. The molecular formula is C27H24O. The van der Waals surface area contributed by atoms with Gasteiger partial charge in [0.05, 0.1) is 6.10 Å². The van der Waals surface area contributed by atoms with E-state index in [2.05, 4.69) is 84.9 Å². The molecule has 4 aromatic carbocycles. The van der Waals surface area contributed by atoms with E-state index >= 15 is 0 Å². The number of aliphatic hydroxyl groups is 1. The summed E-state index contributed by atoms with van der Waals surface area (Å²) in [6, 6.07) is 35.6. The maximum absolute atomic E-state index is 11.0. The van der Waals surface area contributed by atoms with Gasteiger partial charge in [-0.2, -0.15) is 0 Å². The van der Waals surface area contributed by atoms with Crippen LogP contribution in [0.1, 0.15) is 25.0 Å². The fourth-order valence-electron chi connectivity index (χ4n) is 3.73. The van der Waals surface area contributed by atoms with Crippen molar-refractivity contribution < 1.29 is 5.11 Å². The molecule has 0 aliphatic carbocycles. The molecule has 1 atom stereocenters. The van der Waals surface area contributed by atoms with Crippen molar-refractivity contribution in [2.45, 2.75) is 19.4 Å². The van der Waals surface area contributed by atoms with Gasteiger partial charge in [-0.25, -0.2) is 0 Å².